The maximum atomic E-state index is 12.8. The summed E-state index contributed by atoms with van der Waals surface area (Å²) in [4.78, 5) is 38.3. The molecule has 0 aliphatic heterocycles. The summed E-state index contributed by atoms with van der Waals surface area (Å²) >= 11 is 0. The molecule has 0 aromatic heterocycles. The Bertz CT molecular complexity index is 777. The van der Waals surface area contributed by atoms with Gasteiger partial charge in [-0.25, -0.2) is 14.4 Å². The number of carboxylic acid groups (broad SMARTS) is 1. The highest BCUT2D eigenvalue weighted by atomic mass is 16.6. The average molecular weight is 452 g/mol. The van der Waals surface area contributed by atoms with Crippen molar-refractivity contribution >= 4 is 18.2 Å². The standard InChI is InChI=1S/C23H33NO8/c1-9-17(30-14-15-10-12-16(29-8)13-11-15)18(19(25)26)24(20(27)31-22(2,3)4)21(28)32-23(5,6)7/h9-13,17-18H,1,14H2,2-8H3,(H,25,26)/t17-,18+/m0/s1. The van der Waals surface area contributed by atoms with Crippen molar-refractivity contribution in [3.05, 3.63) is 42.5 Å². The van der Waals surface area contributed by atoms with E-state index < -0.39 is 41.5 Å². The van der Waals surface area contributed by atoms with E-state index in [1.54, 1.807) is 72.9 Å². The number of hydrogen-bond acceptors (Lipinski definition) is 7. The number of rotatable bonds is 8. The molecule has 178 valence electrons. The van der Waals surface area contributed by atoms with Crippen molar-refractivity contribution in [2.24, 2.45) is 0 Å². The van der Waals surface area contributed by atoms with E-state index in [9.17, 15) is 19.5 Å². The molecule has 0 radical (unpaired) electrons. The Kier molecular flexibility index (Phi) is 9.26. The van der Waals surface area contributed by atoms with E-state index in [0.29, 0.717) is 10.6 Å². The van der Waals surface area contributed by atoms with Crippen LogP contribution < -0.4 is 4.74 Å². The zero-order chi connectivity index (χ0) is 24.7. The topological polar surface area (TPSA) is 112 Å². The van der Waals surface area contributed by atoms with E-state index in [0.717, 1.165) is 5.56 Å². The van der Waals surface area contributed by atoms with Crippen LogP contribution in [-0.4, -0.2) is 58.6 Å². The molecule has 1 aromatic rings. The van der Waals surface area contributed by atoms with Gasteiger partial charge in [0.15, 0.2) is 6.04 Å². The molecular formula is C23H33NO8. The quantitative estimate of drug-likeness (QED) is 0.579. The number of carbonyl (C=O) groups is 3. The number of benzene rings is 1. The summed E-state index contributed by atoms with van der Waals surface area (Å²) < 4.78 is 21.4. The summed E-state index contributed by atoms with van der Waals surface area (Å²) in [5.41, 5.74) is -1.23. The molecule has 0 heterocycles. The lowest BCUT2D eigenvalue weighted by atomic mass is 10.1. The van der Waals surface area contributed by atoms with Gasteiger partial charge in [0.25, 0.3) is 0 Å². The van der Waals surface area contributed by atoms with Crippen LogP contribution in [0, 0.1) is 0 Å². The van der Waals surface area contributed by atoms with Gasteiger partial charge >= 0.3 is 18.2 Å². The second kappa shape index (κ2) is 11.0. The first-order chi connectivity index (χ1) is 14.7. The molecule has 0 saturated carbocycles. The van der Waals surface area contributed by atoms with Crippen molar-refractivity contribution in [3.63, 3.8) is 0 Å². The zero-order valence-electron chi connectivity index (χ0n) is 19.7. The van der Waals surface area contributed by atoms with E-state index in [1.807, 2.05) is 0 Å². The van der Waals surface area contributed by atoms with Gasteiger partial charge in [-0.05, 0) is 59.2 Å². The van der Waals surface area contributed by atoms with Crippen LogP contribution in [0.5, 0.6) is 5.75 Å². The minimum absolute atomic E-state index is 0.000930. The van der Waals surface area contributed by atoms with E-state index in [2.05, 4.69) is 6.58 Å². The molecule has 0 fully saturated rings. The van der Waals surface area contributed by atoms with Crippen molar-refractivity contribution in [2.75, 3.05) is 7.11 Å². The van der Waals surface area contributed by atoms with Crippen molar-refractivity contribution in [1.82, 2.24) is 4.90 Å². The lowest BCUT2D eigenvalue weighted by Gasteiger charge is -2.34. The van der Waals surface area contributed by atoms with Gasteiger partial charge < -0.3 is 24.1 Å². The van der Waals surface area contributed by atoms with Crippen LogP contribution in [0.25, 0.3) is 0 Å². The van der Waals surface area contributed by atoms with Crippen molar-refractivity contribution < 1.29 is 38.4 Å². The van der Waals surface area contributed by atoms with Crippen LogP contribution in [-0.2, 0) is 25.6 Å². The van der Waals surface area contributed by atoms with Crippen molar-refractivity contribution in [1.29, 1.82) is 0 Å². The Morgan fingerprint density at radius 1 is 1.00 bits per heavy atom. The second-order valence-corrected chi connectivity index (χ2v) is 8.97. The third kappa shape index (κ3) is 8.58. The Labute approximate surface area is 188 Å². The molecule has 1 aromatic carbocycles. The normalized spacial score (nSPS) is 13.5. The number of methoxy groups -OCH3 is 1. The largest absolute Gasteiger partial charge is 0.497 e. The van der Waals surface area contributed by atoms with E-state index in [4.69, 9.17) is 18.9 Å². The molecular weight excluding hydrogens is 418 g/mol. The maximum absolute atomic E-state index is 12.8. The van der Waals surface area contributed by atoms with Crippen molar-refractivity contribution in [3.8, 4) is 5.75 Å². The summed E-state index contributed by atoms with van der Waals surface area (Å²) in [6.45, 7) is 13.2. The summed E-state index contributed by atoms with van der Waals surface area (Å²) in [7, 11) is 1.54. The van der Waals surface area contributed by atoms with Gasteiger partial charge in [-0.3, -0.25) is 0 Å². The number of carboxylic acids is 1. The van der Waals surface area contributed by atoms with Gasteiger partial charge in [-0.1, -0.05) is 18.2 Å². The number of carbonyl (C=O) groups excluding carboxylic acids is 2. The average Bonchev–Trinajstić information content (AvgIpc) is 2.64. The molecule has 0 unspecified atom stereocenters. The summed E-state index contributed by atoms with van der Waals surface area (Å²) in [6.07, 6.45) is -2.36. The van der Waals surface area contributed by atoms with Crippen LogP contribution in [0.15, 0.2) is 36.9 Å². The summed E-state index contributed by atoms with van der Waals surface area (Å²) in [5, 5.41) is 9.90. The van der Waals surface area contributed by atoms with Crippen LogP contribution in [0.1, 0.15) is 47.1 Å². The summed E-state index contributed by atoms with van der Waals surface area (Å²) in [6, 6.07) is 5.17. The first-order valence-electron chi connectivity index (χ1n) is 10.0. The third-order valence-electron chi connectivity index (χ3n) is 3.86. The molecule has 1 rings (SSSR count). The minimum atomic E-state index is -1.77. The predicted molar refractivity (Wildman–Crippen MR) is 117 cm³/mol. The van der Waals surface area contributed by atoms with Gasteiger partial charge in [0.2, 0.25) is 0 Å². The maximum Gasteiger partial charge on any atom is 0.420 e. The molecule has 0 aliphatic carbocycles. The molecule has 0 aliphatic rings. The highest BCUT2D eigenvalue weighted by molar-refractivity contribution is 5.94. The van der Waals surface area contributed by atoms with E-state index in [-0.39, 0.29) is 6.61 Å². The molecule has 9 heteroatoms. The van der Waals surface area contributed by atoms with E-state index in [1.165, 1.54) is 6.08 Å². The van der Waals surface area contributed by atoms with Gasteiger partial charge in [-0.15, -0.1) is 6.58 Å². The molecule has 0 spiro atoms. The van der Waals surface area contributed by atoms with Gasteiger partial charge in [0.1, 0.15) is 23.1 Å². The fraction of sp³-hybridized carbons (Fsp3) is 0.522. The Morgan fingerprint density at radius 2 is 1.47 bits per heavy atom. The SMILES string of the molecule is C=C[C@H](OCc1ccc(OC)cc1)[C@H](C(=O)O)N(C(=O)OC(C)(C)C)C(=O)OC(C)(C)C. The number of imide groups is 1. The minimum Gasteiger partial charge on any atom is -0.497 e. The number of nitrogens with zero attached hydrogens (tertiary/aromatic N) is 1. The molecule has 2 atom stereocenters. The molecule has 2 amide bonds. The Hall–Kier alpha value is -3.07. The Morgan fingerprint density at radius 3 is 1.81 bits per heavy atom. The third-order valence-corrected chi connectivity index (χ3v) is 3.86. The first-order valence-corrected chi connectivity index (χ1v) is 10.0. The number of ether oxygens (including phenoxy) is 4. The van der Waals surface area contributed by atoms with Gasteiger partial charge in [0, 0.05) is 0 Å². The second-order valence-electron chi connectivity index (χ2n) is 8.97. The van der Waals surface area contributed by atoms with Crippen LogP contribution in [0.4, 0.5) is 9.59 Å². The van der Waals surface area contributed by atoms with Crippen LogP contribution in [0.3, 0.4) is 0 Å². The van der Waals surface area contributed by atoms with Crippen LogP contribution in [0.2, 0.25) is 0 Å². The lowest BCUT2D eigenvalue weighted by Crippen LogP contribution is -2.56. The predicted octanol–water partition coefficient (Wildman–Crippen LogP) is 4.39. The number of hydrogen-bond donors (Lipinski definition) is 1. The monoisotopic (exact) mass is 451 g/mol. The first kappa shape index (κ1) is 27.0. The highest BCUT2D eigenvalue weighted by Gasteiger charge is 2.44. The molecule has 9 nitrogen and oxygen atoms in total. The van der Waals surface area contributed by atoms with Gasteiger partial charge in [-0.2, -0.15) is 4.90 Å². The number of aliphatic carboxylic acids is 1. The molecule has 32 heavy (non-hydrogen) atoms. The number of amides is 2. The molecule has 0 bridgehead atoms. The fourth-order valence-electron chi connectivity index (χ4n) is 2.52. The van der Waals surface area contributed by atoms with Crippen LogP contribution >= 0.6 is 0 Å². The van der Waals surface area contributed by atoms with E-state index >= 15 is 0 Å². The molecule has 1 N–H and O–H groups in total. The lowest BCUT2D eigenvalue weighted by molar-refractivity contribution is -0.148. The highest BCUT2D eigenvalue weighted by Crippen LogP contribution is 2.21. The fourth-order valence-corrected chi connectivity index (χ4v) is 2.52. The van der Waals surface area contributed by atoms with Gasteiger partial charge in [0.05, 0.1) is 13.7 Å². The smallest absolute Gasteiger partial charge is 0.420 e. The zero-order valence-corrected chi connectivity index (χ0v) is 19.7. The molecule has 0 saturated heterocycles. The summed E-state index contributed by atoms with van der Waals surface area (Å²) in [5.74, 6) is -0.834. The Balaban J connectivity index is 3.24. The van der Waals surface area contributed by atoms with Crippen molar-refractivity contribution in [2.45, 2.75) is 71.5 Å².